The molecule has 0 saturated carbocycles. The molecule has 0 aliphatic carbocycles. The Balaban J connectivity index is 0.00000480. The predicted octanol–water partition coefficient (Wildman–Crippen LogP) is 2.49. The van der Waals surface area contributed by atoms with Crippen molar-refractivity contribution in [2.24, 2.45) is 10.4 Å². The summed E-state index contributed by atoms with van der Waals surface area (Å²) in [7, 11) is -0.117. The van der Waals surface area contributed by atoms with Crippen molar-refractivity contribution < 1.29 is 17.9 Å². The molecule has 0 aromatic heterocycles. The average Bonchev–Trinajstić information content (AvgIpc) is 3.22. The van der Waals surface area contributed by atoms with E-state index in [0.29, 0.717) is 32.2 Å². The Morgan fingerprint density at radius 2 is 1.94 bits per heavy atom. The summed E-state index contributed by atoms with van der Waals surface area (Å²) in [5.41, 5.74) is 0.968. The molecule has 3 N–H and O–H groups in total. The summed E-state index contributed by atoms with van der Waals surface area (Å²) in [5, 5.41) is 6.51. The van der Waals surface area contributed by atoms with Crippen LogP contribution in [0.25, 0.3) is 0 Å². The van der Waals surface area contributed by atoms with E-state index < -0.39 is 10.0 Å². The van der Waals surface area contributed by atoms with Gasteiger partial charge in [-0.15, -0.1) is 24.0 Å². The number of benzene rings is 1. The van der Waals surface area contributed by atoms with Gasteiger partial charge in [-0.2, -0.15) is 0 Å². The lowest BCUT2D eigenvalue weighted by molar-refractivity contribution is 0.0205. The molecule has 0 spiro atoms. The van der Waals surface area contributed by atoms with Crippen LogP contribution >= 0.6 is 24.0 Å². The number of methoxy groups -OCH3 is 1. The second-order valence-electron chi connectivity index (χ2n) is 8.53. The van der Waals surface area contributed by atoms with E-state index in [-0.39, 0.29) is 46.5 Å². The fraction of sp³-hybridized carbons (Fsp3) is 0.667. The quantitative estimate of drug-likeness (QED) is 0.241. The highest BCUT2D eigenvalue weighted by Crippen LogP contribution is 2.21. The molecule has 1 aliphatic rings. The molecular formula is C21H37IN4O4S. The molecule has 10 heteroatoms. The molecule has 0 radical (unpaired) electrons. The van der Waals surface area contributed by atoms with Crippen molar-refractivity contribution in [3.05, 3.63) is 29.8 Å². The summed E-state index contributed by atoms with van der Waals surface area (Å²) in [6.07, 6.45) is 1.89. The maximum Gasteiger partial charge on any atom is 0.240 e. The van der Waals surface area contributed by atoms with Gasteiger partial charge in [0.25, 0.3) is 0 Å². The van der Waals surface area contributed by atoms with E-state index in [4.69, 9.17) is 9.47 Å². The minimum Gasteiger partial charge on any atom is -0.379 e. The van der Waals surface area contributed by atoms with Gasteiger partial charge in [0.1, 0.15) is 0 Å². The van der Waals surface area contributed by atoms with Gasteiger partial charge in [0.05, 0.1) is 17.1 Å². The Labute approximate surface area is 204 Å². The Morgan fingerprint density at radius 1 is 1.26 bits per heavy atom. The van der Waals surface area contributed by atoms with Crippen LogP contribution < -0.4 is 15.4 Å². The van der Waals surface area contributed by atoms with Crippen LogP contribution in [-0.2, 0) is 26.0 Å². The van der Waals surface area contributed by atoms with Crippen molar-refractivity contribution in [3.8, 4) is 0 Å². The zero-order chi connectivity index (χ0) is 22.2. The number of ether oxygens (including phenoxy) is 2. The molecule has 2 unspecified atom stereocenters. The monoisotopic (exact) mass is 568 g/mol. The topological polar surface area (TPSA) is 101 Å². The maximum absolute atomic E-state index is 12.4. The van der Waals surface area contributed by atoms with Gasteiger partial charge in [-0.05, 0) is 36.0 Å². The molecule has 1 aromatic carbocycles. The Hall–Kier alpha value is -0.950. The van der Waals surface area contributed by atoms with E-state index in [0.717, 1.165) is 18.4 Å². The molecule has 0 amide bonds. The fourth-order valence-corrected chi connectivity index (χ4v) is 4.28. The molecule has 1 aliphatic heterocycles. The van der Waals surface area contributed by atoms with Crippen molar-refractivity contribution >= 4 is 40.0 Å². The Morgan fingerprint density at radius 3 is 2.45 bits per heavy atom. The summed E-state index contributed by atoms with van der Waals surface area (Å²) < 4.78 is 38.5. The zero-order valence-corrected chi connectivity index (χ0v) is 22.3. The van der Waals surface area contributed by atoms with E-state index >= 15 is 0 Å². The summed E-state index contributed by atoms with van der Waals surface area (Å²) in [6.45, 7) is 8.56. The molecule has 1 saturated heterocycles. The van der Waals surface area contributed by atoms with Crippen LogP contribution in [0.2, 0.25) is 0 Å². The van der Waals surface area contributed by atoms with E-state index in [9.17, 15) is 8.42 Å². The summed E-state index contributed by atoms with van der Waals surface area (Å²) in [6, 6.07) is 6.83. The van der Waals surface area contributed by atoms with Crippen LogP contribution in [0.3, 0.4) is 0 Å². The minimum atomic E-state index is -3.54. The van der Waals surface area contributed by atoms with Crippen molar-refractivity contribution in [1.29, 1.82) is 0 Å². The standard InChI is InChI=1S/C21H36N4O4S.HI/c1-21(2,3)19(28-5)15-24-20(22-4)23-13-16-8-10-18(11-9-16)30(26,27)25-14-17-7-6-12-29-17;/h8-11,17,19,25H,6-7,12-15H2,1-5H3,(H2,22,23,24);1H. The molecule has 1 heterocycles. The van der Waals surface area contributed by atoms with E-state index in [1.54, 1.807) is 38.4 Å². The number of guanidine groups is 1. The second kappa shape index (κ2) is 12.9. The van der Waals surface area contributed by atoms with Gasteiger partial charge in [0, 0.05) is 40.4 Å². The van der Waals surface area contributed by atoms with Crippen molar-refractivity contribution in [1.82, 2.24) is 15.4 Å². The molecule has 1 aromatic rings. The largest absolute Gasteiger partial charge is 0.379 e. The lowest BCUT2D eigenvalue weighted by Gasteiger charge is -2.30. The van der Waals surface area contributed by atoms with E-state index in [2.05, 4.69) is 41.1 Å². The first kappa shape index (κ1) is 28.1. The summed E-state index contributed by atoms with van der Waals surface area (Å²) >= 11 is 0. The first-order chi connectivity index (χ1) is 14.2. The molecule has 178 valence electrons. The molecule has 0 bridgehead atoms. The van der Waals surface area contributed by atoms with Crippen molar-refractivity contribution in [2.45, 2.75) is 57.3 Å². The lowest BCUT2D eigenvalue weighted by Crippen LogP contribution is -2.45. The predicted molar refractivity (Wildman–Crippen MR) is 134 cm³/mol. The number of nitrogens with one attached hydrogen (secondary N) is 3. The first-order valence-electron chi connectivity index (χ1n) is 10.3. The molecular weight excluding hydrogens is 531 g/mol. The third-order valence-corrected chi connectivity index (χ3v) is 6.59. The van der Waals surface area contributed by atoms with Crippen LogP contribution in [-0.4, -0.2) is 60.4 Å². The van der Waals surface area contributed by atoms with Crippen LogP contribution in [0, 0.1) is 5.41 Å². The lowest BCUT2D eigenvalue weighted by atomic mass is 9.89. The highest BCUT2D eigenvalue weighted by Gasteiger charge is 2.24. The SMILES string of the molecule is CN=C(NCc1ccc(S(=O)(=O)NCC2CCCO2)cc1)NCC(OC)C(C)(C)C.I. The number of halogens is 1. The average molecular weight is 569 g/mol. The van der Waals surface area contributed by atoms with Gasteiger partial charge < -0.3 is 20.1 Å². The third kappa shape index (κ3) is 9.21. The molecule has 1 fully saturated rings. The van der Waals surface area contributed by atoms with Gasteiger partial charge in [0.15, 0.2) is 5.96 Å². The number of rotatable bonds is 9. The molecule has 31 heavy (non-hydrogen) atoms. The normalized spacial score (nSPS) is 18.4. The third-order valence-electron chi connectivity index (χ3n) is 5.15. The van der Waals surface area contributed by atoms with Crippen LogP contribution in [0.1, 0.15) is 39.2 Å². The molecule has 2 rings (SSSR count). The van der Waals surface area contributed by atoms with Crippen LogP contribution in [0.4, 0.5) is 0 Å². The highest BCUT2D eigenvalue weighted by atomic mass is 127. The Kier molecular flexibility index (Phi) is 11.7. The smallest absolute Gasteiger partial charge is 0.240 e. The van der Waals surface area contributed by atoms with Gasteiger partial charge in [-0.25, -0.2) is 13.1 Å². The number of hydrogen-bond acceptors (Lipinski definition) is 5. The van der Waals surface area contributed by atoms with Crippen LogP contribution in [0.5, 0.6) is 0 Å². The van der Waals surface area contributed by atoms with Gasteiger partial charge >= 0.3 is 0 Å². The second-order valence-corrected chi connectivity index (χ2v) is 10.3. The van der Waals surface area contributed by atoms with Crippen LogP contribution in [0.15, 0.2) is 34.2 Å². The number of aliphatic imine (C=N–C) groups is 1. The maximum atomic E-state index is 12.4. The van der Waals surface area contributed by atoms with Gasteiger partial charge in [0.2, 0.25) is 10.0 Å². The summed E-state index contributed by atoms with van der Waals surface area (Å²) in [4.78, 5) is 4.48. The molecule has 2 atom stereocenters. The van der Waals surface area contributed by atoms with Crippen molar-refractivity contribution in [2.75, 3.05) is 33.9 Å². The van der Waals surface area contributed by atoms with Crippen molar-refractivity contribution in [3.63, 3.8) is 0 Å². The summed E-state index contributed by atoms with van der Waals surface area (Å²) in [5.74, 6) is 0.663. The Bertz CT molecular complexity index is 789. The van der Waals surface area contributed by atoms with E-state index in [1.165, 1.54) is 0 Å². The van der Waals surface area contributed by atoms with Gasteiger partial charge in [-0.3, -0.25) is 4.99 Å². The number of nitrogens with zero attached hydrogens (tertiary/aromatic N) is 1. The van der Waals surface area contributed by atoms with Gasteiger partial charge in [-0.1, -0.05) is 32.9 Å². The number of hydrogen-bond donors (Lipinski definition) is 3. The first-order valence-corrected chi connectivity index (χ1v) is 11.8. The zero-order valence-electron chi connectivity index (χ0n) is 19.1. The minimum absolute atomic E-state index is 0. The van der Waals surface area contributed by atoms with E-state index in [1.807, 2.05) is 0 Å². The fourth-order valence-electron chi connectivity index (χ4n) is 3.22. The highest BCUT2D eigenvalue weighted by molar-refractivity contribution is 14.0. The number of sulfonamides is 1. The molecule has 8 nitrogen and oxygen atoms in total.